The van der Waals surface area contributed by atoms with E-state index in [1.54, 1.807) is 19.4 Å². The predicted octanol–water partition coefficient (Wildman–Crippen LogP) is 1.48. The second kappa shape index (κ2) is 6.24. The van der Waals surface area contributed by atoms with E-state index in [0.29, 0.717) is 18.5 Å². The summed E-state index contributed by atoms with van der Waals surface area (Å²) < 4.78 is 10.5. The van der Waals surface area contributed by atoms with Gasteiger partial charge in [0.05, 0.1) is 19.8 Å². The average molecular weight is 263 g/mol. The van der Waals surface area contributed by atoms with E-state index in [1.165, 1.54) is 0 Å². The van der Waals surface area contributed by atoms with Crippen LogP contribution in [0.5, 0.6) is 5.75 Å². The molecule has 0 radical (unpaired) electrons. The molecule has 1 heterocycles. The molecule has 0 aliphatic heterocycles. The number of benzene rings is 1. The Balaban J connectivity index is 2.06. The number of hydrogen-bond acceptors (Lipinski definition) is 4. The number of aliphatic hydroxyl groups is 1. The normalized spacial score (nSPS) is 10.6. The standard InChI is InChI=1S/C14H17NO4/c1-18-11-3-4-12-10(9-19-13(12)8-11)7-14(17)15-5-2-6-16/h3-4,8-9,16H,2,5-7H2,1H3,(H,15,17). The number of hydrogen-bond donors (Lipinski definition) is 2. The quantitative estimate of drug-likeness (QED) is 0.774. The molecule has 2 rings (SSSR count). The fraction of sp³-hybridized carbons (Fsp3) is 0.357. The number of rotatable bonds is 6. The summed E-state index contributed by atoms with van der Waals surface area (Å²) in [5.74, 6) is 0.646. The van der Waals surface area contributed by atoms with Gasteiger partial charge in [-0.2, -0.15) is 0 Å². The lowest BCUT2D eigenvalue weighted by atomic mass is 10.1. The topological polar surface area (TPSA) is 71.7 Å². The molecule has 5 nitrogen and oxygen atoms in total. The van der Waals surface area contributed by atoms with Crippen LogP contribution in [-0.4, -0.2) is 31.3 Å². The molecule has 0 aliphatic carbocycles. The van der Waals surface area contributed by atoms with Crippen molar-refractivity contribution in [2.24, 2.45) is 0 Å². The highest BCUT2D eigenvalue weighted by molar-refractivity contribution is 5.88. The Bertz CT molecular complexity index is 562. The molecule has 1 aromatic carbocycles. The van der Waals surface area contributed by atoms with E-state index in [9.17, 15) is 4.79 Å². The summed E-state index contributed by atoms with van der Waals surface area (Å²) in [6, 6.07) is 5.52. The SMILES string of the molecule is COc1ccc2c(CC(=O)NCCCO)coc2c1. The van der Waals surface area contributed by atoms with E-state index in [4.69, 9.17) is 14.3 Å². The van der Waals surface area contributed by atoms with Crippen molar-refractivity contribution in [2.45, 2.75) is 12.8 Å². The predicted molar refractivity (Wildman–Crippen MR) is 71.2 cm³/mol. The van der Waals surface area contributed by atoms with Gasteiger partial charge in [-0.1, -0.05) is 0 Å². The number of amides is 1. The van der Waals surface area contributed by atoms with Crippen LogP contribution in [0.4, 0.5) is 0 Å². The molecule has 0 unspecified atom stereocenters. The highest BCUT2D eigenvalue weighted by Gasteiger charge is 2.10. The molecule has 0 atom stereocenters. The van der Waals surface area contributed by atoms with Gasteiger partial charge in [-0.3, -0.25) is 4.79 Å². The third-order valence-corrected chi connectivity index (χ3v) is 2.87. The number of carbonyl (C=O) groups is 1. The summed E-state index contributed by atoms with van der Waals surface area (Å²) in [7, 11) is 1.60. The van der Waals surface area contributed by atoms with E-state index in [-0.39, 0.29) is 18.9 Å². The lowest BCUT2D eigenvalue weighted by Crippen LogP contribution is -2.26. The first-order chi connectivity index (χ1) is 9.24. The van der Waals surface area contributed by atoms with Crippen LogP contribution in [0.3, 0.4) is 0 Å². The zero-order valence-electron chi connectivity index (χ0n) is 10.8. The van der Waals surface area contributed by atoms with Crippen molar-refractivity contribution in [3.63, 3.8) is 0 Å². The van der Waals surface area contributed by atoms with Crippen molar-refractivity contribution in [2.75, 3.05) is 20.3 Å². The van der Waals surface area contributed by atoms with Crippen LogP contribution in [-0.2, 0) is 11.2 Å². The second-order valence-electron chi connectivity index (χ2n) is 4.23. The van der Waals surface area contributed by atoms with Gasteiger partial charge in [0.15, 0.2) is 0 Å². The Morgan fingerprint density at radius 2 is 2.32 bits per heavy atom. The summed E-state index contributed by atoms with van der Waals surface area (Å²) in [6.07, 6.45) is 2.43. The molecule has 5 heteroatoms. The average Bonchev–Trinajstić information content (AvgIpc) is 2.81. The zero-order valence-corrected chi connectivity index (χ0v) is 10.8. The molecule has 102 valence electrons. The minimum atomic E-state index is -0.0769. The van der Waals surface area contributed by atoms with Gasteiger partial charge in [0, 0.05) is 30.2 Å². The van der Waals surface area contributed by atoms with Gasteiger partial charge in [-0.05, 0) is 18.6 Å². The van der Waals surface area contributed by atoms with Gasteiger partial charge in [0.25, 0.3) is 0 Å². The molecule has 0 spiro atoms. The summed E-state index contributed by atoms with van der Waals surface area (Å²) in [4.78, 5) is 11.7. The maximum atomic E-state index is 11.7. The van der Waals surface area contributed by atoms with Crippen LogP contribution in [0, 0.1) is 0 Å². The van der Waals surface area contributed by atoms with Crippen LogP contribution < -0.4 is 10.1 Å². The van der Waals surface area contributed by atoms with Crippen LogP contribution in [0.25, 0.3) is 11.0 Å². The first-order valence-corrected chi connectivity index (χ1v) is 6.16. The number of aliphatic hydroxyl groups excluding tert-OH is 1. The Hall–Kier alpha value is -2.01. The first-order valence-electron chi connectivity index (χ1n) is 6.16. The van der Waals surface area contributed by atoms with Crippen LogP contribution in [0.15, 0.2) is 28.9 Å². The molecular weight excluding hydrogens is 246 g/mol. The van der Waals surface area contributed by atoms with Crippen molar-refractivity contribution in [1.82, 2.24) is 5.32 Å². The lowest BCUT2D eigenvalue weighted by molar-refractivity contribution is -0.120. The third kappa shape index (κ3) is 3.26. The minimum absolute atomic E-state index is 0.0769. The van der Waals surface area contributed by atoms with Gasteiger partial charge < -0.3 is 19.6 Å². The van der Waals surface area contributed by atoms with E-state index in [2.05, 4.69) is 5.32 Å². The largest absolute Gasteiger partial charge is 0.497 e. The molecule has 0 bridgehead atoms. The molecule has 1 amide bonds. The minimum Gasteiger partial charge on any atom is -0.497 e. The molecule has 2 aromatic rings. The smallest absolute Gasteiger partial charge is 0.224 e. The number of carbonyl (C=O) groups excluding carboxylic acids is 1. The Morgan fingerprint density at radius 1 is 1.47 bits per heavy atom. The number of furan rings is 1. The fourth-order valence-corrected chi connectivity index (χ4v) is 1.87. The van der Waals surface area contributed by atoms with E-state index in [1.807, 2.05) is 12.1 Å². The van der Waals surface area contributed by atoms with Crippen molar-refractivity contribution >= 4 is 16.9 Å². The molecule has 19 heavy (non-hydrogen) atoms. The van der Waals surface area contributed by atoms with Crippen molar-refractivity contribution in [1.29, 1.82) is 0 Å². The van der Waals surface area contributed by atoms with E-state index < -0.39 is 0 Å². The molecular formula is C14H17NO4. The van der Waals surface area contributed by atoms with Crippen LogP contribution in [0.1, 0.15) is 12.0 Å². The molecule has 0 saturated carbocycles. The number of fused-ring (bicyclic) bond motifs is 1. The maximum Gasteiger partial charge on any atom is 0.224 e. The van der Waals surface area contributed by atoms with Crippen molar-refractivity contribution < 1.29 is 19.1 Å². The Morgan fingerprint density at radius 3 is 3.05 bits per heavy atom. The van der Waals surface area contributed by atoms with Gasteiger partial charge >= 0.3 is 0 Å². The van der Waals surface area contributed by atoms with Crippen molar-refractivity contribution in [3.8, 4) is 5.75 Å². The summed E-state index contributed by atoms with van der Waals surface area (Å²) >= 11 is 0. The van der Waals surface area contributed by atoms with Gasteiger partial charge in [0.2, 0.25) is 5.91 Å². The van der Waals surface area contributed by atoms with Gasteiger partial charge in [-0.25, -0.2) is 0 Å². The van der Waals surface area contributed by atoms with E-state index in [0.717, 1.165) is 16.7 Å². The van der Waals surface area contributed by atoms with Crippen molar-refractivity contribution in [3.05, 3.63) is 30.0 Å². The molecule has 0 aliphatic rings. The lowest BCUT2D eigenvalue weighted by Gasteiger charge is -2.03. The summed E-state index contributed by atoms with van der Waals surface area (Å²) in [5.41, 5.74) is 1.55. The molecule has 0 fully saturated rings. The molecule has 1 aromatic heterocycles. The Labute approximate surface area is 111 Å². The Kier molecular flexibility index (Phi) is 4.41. The van der Waals surface area contributed by atoms with Gasteiger partial charge in [-0.15, -0.1) is 0 Å². The maximum absolute atomic E-state index is 11.7. The number of nitrogens with one attached hydrogen (secondary N) is 1. The van der Waals surface area contributed by atoms with E-state index >= 15 is 0 Å². The second-order valence-corrected chi connectivity index (χ2v) is 4.23. The van der Waals surface area contributed by atoms with Crippen LogP contribution >= 0.6 is 0 Å². The third-order valence-electron chi connectivity index (χ3n) is 2.87. The number of methoxy groups -OCH3 is 1. The number of ether oxygens (including phenoxy) is 1. The summed E-state index contributed by atoms with van der Waals surface area (Å²) in [5, 5.41) is 12.3. The fourth-order valence-electron chi connectivity index (χ4n) is 1.87. The zero-order chi connectivity index (χ0) is 13.7. The van der Waals surface area contributed by atoms with Crippen LogP contribution in [0.2, 0.25) is 0 Å². The molecule has 2 N–H and O–H groups in total. The molecule has 0 saturated heterocycles. The monoisotopic (exact) mass is 263 g/mol. The highest BCUT2D eigenvalue weighted by Crippen LogP contribution is 2.25. The summed E-state index contributed by atoms with van der Waals surface area (Å²) in [6.45, 7) is 0.563. The highest BCUT2D eigenvalue weighted by atomic mass is 16.5. The first kappa shape index (κ1) is 13.4. The van der Waals surface area contributed by atoms with Gasteiger partial charge in [0.1, 0.15) is 11.3 Å².